The molecule has 0 aliphatic heterocycles. The zero-order chi connectivity index (χ0) is 11.6. The SMILES string of the molecule is C=C.C=C(C)C(=O)OC(CC)[P]CC. The van der Waals surface area contributed by atoms with Crippen LogP contribution in [-0.2, 0) is 9.53 Å². The quantitative estimate of drug-likeness (QED) is 0.303. The van der Waals surface area contributed by atoms with Crippen LogP contribution < -0.4 is 0 Å². The summed E-state index contributed by atoms with van der Waals surface area (Å²) in [5.74, 6) is -0.234. The zero-order valence-corrected chi connectivity index (χ0v) is 10.3. The van der Waals surface area contributed by atoms with Crippen molar-refractivity contribution >= 4 is 14.6 Å². The molecule has 0 N–H and O–H groups in total. The third-order valence-corrected chi connectivity index (χ3v) is 2.57. The highest BCUT2D eigenvalue weighted by Crippen LogP contribution is 2.22. The van der Waals surface area contributed by atoms with E-state index in [1.807, 2.05) is 6.92 Å². The predicted molar refractivity (Wildman–Crippen MR) is 63.7 cm³/mol. The summed E-state index contributed by atoms with van der Waals surface area (Å²) in [5, 5.41) is 0. The number of rotatable bonds is 5. The summed E-state index contributed by atoms with van der Waals surface area (Å²) in [5.41, 5.74) is 0.472. The van der Waals surface area contributed by atoms with E-state index in [-0.39, 0.29) is 11.8 Å². The number of carbonyl (C=O) groups is 1. The summed E-state index contributed by atoms with van der Waals surface area (Å²) in [6.45, 7) is 15.3. The van der Waals surface area contributed by atoms with Crippen molar-refractivity contribution < 1.29 is 9.53 Å². The molecule has 0 saturated carbocycles. The van der Waals surface area contributed by atoms with Gasteiger partial charge in [-0.25, -0.2) is 4.79 Å². The van der Waals surface area contributed by atoms with E-state index in [0.717, 1.165) is 12.6 Å². The minimum atomic E-state index is -0.275. The van der Waals surface area contributed by atoms with E-state index >= 15 is 0 Å². The van der Waals surface area contributed by atoms with Crippen LogP contribution >= 0.6 is 8.58 Å². The van der Waals surface area contributed by atoms with Gasteiger partial charge in [-0.1, -0.05) is 20.4 Å². The standard InChI is InChI=1S/C9H16O2P.C2H4/c1-5-8(12-6-2)11-9(10)7(3)4;1-2/h8H,3,5-6H2,1-2,4H3;1-2H2. The van der Waals surface area contributed by atoms with Crippen molar-refractivity contribution in [2.45, 2.75) is 33.0 Å². The van der Waals surface area contributed by atoms with E-state index in [1.54, 1.807) is 6.92 Å². The molecule has 0 saturated heterocycles. The fraction of sp³-hybridized carbons (Fsp3) is 0.545. The van der Waals surface area contributed by atoms with Gasteiger partial charge in [0.05, 0.1) is 0 Å². The monoisotopic (exact) mass is 215 g/mol. The van der Waals surface area contributed by atoms with Crippen LogP contribution in [0.3, 0.4) is 0 Å². The summed E-state index contributed by atoms with van der Waals surface area (Å²) < 4.78 is 5.15. The van der Waals surface area contributed by atoms with Crippen molar-refractivity contribution in [1.29, 1.82) is 0 Å². The van der Waals surface area contributed by atoms with E-state index in [2.05, 4.69) is 26.7 Å². The Balaban J connectivity index is 0. The van der Waals surface area contributed by atoms with Crippen LogP contribution in [0.4, 0.5) is 0 Å². The maximum atomic E-state index is 11.1. The van der Waals surface area contributed by atoms with Gasteiger partial charge in [-0.3, -0.25) is 0 Å². The van der Waals surface area contributed by atoms with Gasteiger partial charge >= 0.3 is 5.97 Å². The Hall–Kier alpha value is -0.620. The Morgan fingerprint density at radius 2 is 1.93 bits per heavy atom. The number of esters is 1. The smallest absolute Gasteiger partial charge is 0.333 e. The van der Waals surface area contributed by atoms with E-state index in [1.165, 1.54) is 8.58 Å². The molecule has 0 aromatic rings. The van der Waals surface area contributed by atoms with Gasteiger partial charge in [0.1, 0.15) is 5.85 Å². The summed E-state index contributed by atoms with van der Waals surface area (Å²) in [7, 11) is 1.17. The first-order valence-corrected chi connectivity index (χ1v) is 5.79. The molecule has 0 aliphatic carbocycles. The Morgan fingerprint density at radius 3 is 2.21 bits per heavy atom. The van der Waals surface area contributed by atoms with Crippen molar-refractivity contribution in [2.75, 3.05) is 6.16 Å². The van der Waals surface area contributed by atoms with Crippen LogP contribution in [0, 0.1) is 0 Å². The molecule has 3 heteroatoms. The summed E-state index contributed by atoms with van der Waals surface area (Å²) in [6, 6.07) is 0. The van der Waals surface area contributed by atoms with Gasteiger partial charge in [-0.2, -0.15) is 0 Å². The first-order chi connectivity index (χ1) is 6.61. The second kappa shape index (κ2) is 10.5. The Kier molecular flexibility index (Phi) is 11.8. The maximum absolute atomic E-state index is 11.1. The molecule has 1 atom stereocenters. The minimum Gasteiger partial charge on any atom is -0.454 e. The number of ether oxygens (including phenoxy) is 1. The summed E-state index contributed by atoms with van der Waals surface area (Å²) in [6.07, 6.45) is 1.89. The summed E-state index contributed by atoms with van der Waals surface area (Å²) in [4.78, 5) is 11.1. The average Bonchev–Trinajstić information content (AvgIpc) is 2.19. The van der Waals surface area contributed by atoms with Crippen LogP contribution in [0.5, 0.6) is 0 Å². The molecule has 2 nitrogen and oxygen atoms in total. The lowest BCUT2D eigenvalue weighted by molar-refractivity contribution is -0.140. The number of hydrogen-bond acceptors (Lipinski definition) is 2. The Bertz CT molecular complexity index is 178. The van der Waals surface area contributed by atoms with E-state index in [9.17, 15) is 4.79 Å². The largest absolute Gasteiger partial charge is 0.454 e. The molecule has 0 amide bonds. The molecule has 1 radical (unpaired) electrons. The van der Waals surface area contributed by atoms with Crippen LogP contribution in [0.15, 0.2) is 25.3 Å². The predicted octanol–water partition coefficient (Wildman–Crippen LogP) is 3.61. The lowest BCUT2D eigenvalue weighted by Crippen LogP contribution is -2.13. The van der Waals surface area contributed by atoms with Crippen LogP contribution in [0.1, 0.15) is 27.2 Å². The topological polar surface area (TPSA) is 26.3 Å². The average molecular weight is 215 g/mol. The molecule has 0 aromatic heterocycles. The van der Waals surface area contributed by atoms with Crippen LogP contribution in [0.25, 0.3) is 0 Å². The highest BCUT2D eigenvalue weighted by Gasteiger charge is 2.11. The molecule has 1 unspecified atom stereocenters. The first kappa shape index (κ1) is 15.8. The van der Waals surface area contributed by atoms with Crippen molar-refractivity contribution in [1.82, 2.24) is 0 Å². The van der Waals surface area contributed by atoms with E-state index in [4.69, 9.17) is 4.74 Å². The van der Waals surface area contributed by atoms with Gasteiger partial charge in [0.25, 0.3) is 0 Å². The second-order valence-corrected chi connectivity index (χ2v) is 4.12. The molecule has 0 aliphatic rings. The molecular weight excluding hydrogens is 195 g/mol. The maximum Gasteiger partial charge on any atom is 0.333 e. The normalized spacial score (nSPS) is 11.6. The Morgan fingerprint density at radius 1 is 1.43 bits per heavy atom. The van der Waals surface area contributed by atoms with Crippen LogP contribution in [0.2, 0.25) is 0 Å². The van der Waals surface area contributed by atoms with Crippen molar-refractivity contribution in [3.63, 3.8) is 0 Å². The van der Waals surface area contributed by atoms with Crippen LogP contribution in [-0.4, -0.2) is 18.0 Å². The summed E-state index contributed by atoms with van der Waals surface area (Å²) >= 11 is 0. The molecule has 0 aromatic carbocycles. The van der Waals surface area contributed by atoms with Gasteiger partial charge < -0.3 is 4.74 Å². The molecule has 0 heterocycles. The molecule has 0 fully saturated rings. The molecule has 81 valence electrons. The number of carbonyl (C=O) groups excluding carboxylic acids is 1. The fourth-order valence-electron chi connectivity index (χ4n) is 0.677. The van der Waals surface area contributed by atoms with Gasteiger partial charge in [-0.15, -0.1) is 13.2 Å². The third-order valence-electron chi connectivity index (χ3n) is 1.33. The highest BCUT2D eigenvalue weighted by molar-refractivity contribution is 7.38. The lowest BCUT2D eigenvalue weighted by atomic mass is 10.4. The van der Waals surface area contributed by atoms with Gasteiger partial charge in [0.2, 0.25) is 0 Å². The zero-order valence-electron chi connectivity index (χ0n) is 9.38. The lowest BCUT2D eigenvalue weighted by Gasteiger charge is -2.14. The van der Waals surface area contributed by atoms with Gasteiger partial charge in [0.15, 0.2) is 0 Å². The van der Waals surface area contributed by atoms with Crippen molar-refractivity contribution in [3.8, 4) is 0 Å². The van der Waals surface area contributed by atoms with Gasteiger partial charge in [0, 0.05) is 5.57 Å². The van der Waals surface area contributed by atoms with Crippen molar-refractivity contribution in [2.24, 2.45) is 0 Å². The first-order valence-electron chi connectivity index (χ1n) is 4.64. The highest BCUT2D eigenvalue weighted by atomic mass is 31.1. The van der Waals surface area contributed by atoms with E-state index in [0.29, 0.717) is 5.57 Å². The number of hydrogen-bond donors (Lipinski definition) is 0. The Labute approximate surface area is 89.2 Å². The molecule has 14 heavy (non-hydrogen) atoms. The third kappa shape index (κ3) is 8.00. The van der Waals surface area contributed by atoms with E-state index < -0.39 is 0 Å². The minimum absolute atomic E-state index is 0.0409. The fourth-order valence-corrected chi connectivity index (χ4v) is 1.51. The molecule has 0 spiro atoms. The van der Waals surface area contributed by atoms with Crippen molar-refractivity contribution in [3.05, 3.63) is 25.3 Å². The molecule has 0 rings (SSSR count). The van der Waals surface area contributed by atoms with Gasteiger partial charge in [-0.05, 0) is 28.1 Å². The molecule has 0 bridgehead atoms. The second-order valence-electron chi connectivity index (χ2n) is 2.55. The molecular formula is C11H20O2P.